The van der Waals surface area contributed by atoms with E-state index in [1.54, 1.807) is 0 Å². The minimum Gasteiger partial charge on any atom is -0.0798 e. The molecule has 1 aromatic carbocycles. The Kier molecular flexibility index (Phi) is 2.12. The maximum atomic E-state index is 5.59. The molecule has 0 aromatic heterocycles. The van der Waals surface area contributed by atoms with Crippen LogP contribution in [0.2, 0.25) is 0 Å². The van der Waals surface area contributed by atoms with E-state index < -0.39 is 0 Å². The van der Waals surface area contributed by atoms with Gasteiger partial charge in [-0.15, -0.1) is 0 Å². The molecule has 4 saturated carbocycles. The van der Waals surface area contributed by atoms with Crippen molar-refractivity contribution in [2.75, 3.05) is 0 Å². The maximum Gasteiger partial charge on any atom is 0.0414 e. The van der Waals surface area contributed by atoms with Gasteiger partial charge in [0.15, 0.2) is 0 Å². The van der Waals surface area contributed by atoms with E-state index in [2.05, 4.69) is 24.3 Å². The first kappa shape index (κ1) is 10.4. The van der Waals surface area contributed by atoms with Crippen molar-refractivity contribution in [3.05, 3.63) is 29.8 Å². The molecule has 0 atom stereocenters. The van der Waals surface area contributed by atoms with Gasteiger partial charge in [0.05, 0.1) is 0 Å². The predicted octanol–water partition coefficient (Wildman–Crippen LogP) is 4.71. The SMILES string of the molecule is [S]c1ccccc1C12CC3CC(CC(C3)C1)C2. The summed E-state index contributed by atoms with van der Waals surface area (Å²) in [5, 5.41) is 0. The molecule has 0 saturated heterocycles. The molecule has 1 radical (unpaired) electrons. The zero-order chi connectivity index (χ0) is 11.5. The van der Waals surface area contributed by atoms with Crippen LogP contribution >= 0.6 is 12.6 Å². The van der Waals surface area contributed by atoms with Gasteiger partial charge in [0.2, 0.25) is 0 Å². The number of hydrogen-bond acceptors (Lipinski definition) is 0. The number of hydrogen-bond donors (Lipinski definition) is 0. The van der Waals surface area contributed by atoms with Crippen LogP contribution in [-0.2, 0) is 5.41 Å². The van der Waals surface area contributed by atoms with Gasteiger partial charge in [-0.3, -0.25) is 0 Å². The van der Waals surface area contributed by atoms with E-state index >= 15 is 0 Å². The lowest BCUT2D eigenvalue weighted by molar-refractivity contribution is -0.00637. The summed E-state index contributed by atoms with van der Waals surface area (Å²) >= 11 is 5.59. The Labute approximate surface area is 109 Å². The highest BCUT2D eigenvalue weighted by Crippen LogP contribution is 2.61. The summed E-state index contributed by atoms with van der Waals surface area (Å²) in [6.07, 6.45) is 8.81. The van der Waals surface area contributed by atoms with E-state index in [0.717, 1.165) is 22.6 Å². The summed E-state index contributed by atoms with van der Waals surface area (Å²) in [7, 11) is 0. The minimum absolute atomic E-state index is 0.479. The highest BCUT2D eigenvalue weighted by atomic mass is 32.1. The van der Waals surface area contributed by atoms with Gasteiger partial charge < -0.3 is 0 Å². The van der Waals surface area contributed by atoms with E-state index in [1.807, 2.05) is 0 Å². The molecule has 0 N–H and O–H groups in total. The summed E-state index contributed by atoms with van der Waals surface area (Å²) < 4.78 is 0. The normalized spacial score (nSPS) is 42.9. The van der Waals surface area contributed by atoms with Crippen LogP contribution in [0.5, 0.6) is 0 Å². The topological polar surface area (TPSA) is 0 Å². The number of benzene rings is 1. The highest BCUT2D eigenvalue weighted by molar-refractivity contribution is 7.80. The third kappa shape index (κ3) is 1.48. The van der Waals surface area contributed by atoms with Crippen molar-refractivity contribution in [2.24, 2.45) is 17.8 Å². The quantitative estimate of drug-likeness (QED) is 0.670. The van der Waals surface area contributed by atoms with Crippen molar-refractivity contribution in [3.8, 4) is 0 Å². The van der Waals surface area contributed by atoms with Crippen molar-refractivity contribution in [3.63, 3.8) is 0 Å². The number of rotatable bonds is 1. The van der Waals surface area contributed by atoms with E-state index in [4.69, 9.17) is 12.6 Å². The van der Waals surface area contributed by atoms with Crippen LogP contribution < -0.4 is 0 Å². The summed E-state index contributed by atoms with van der Waals surface area (Å²) in [6.45, 7) is 0. The molecule has 5 rings (SSSR count). The van der Waals surface area contributed by atoms with Gasteiger partial charge in [-0.1, -0.05) is 30.8 Å². The van der Waals surface area contributed by atoms with Crippen molar-refractivity contribution in [1.29, 1.82) is 0 Å². The van der Waals surface area contributed by atoms with Gasteiger partial charge >= 0.3 is 0 Å². The highest BCUT2D eigenvalue weighted by Gasteiger charge is 2.51. The zero-order valence-electron chi connectivity index (χ0n) is 10.2. The maximum absolute atomic E-state index is 5.59. The van der Waals surface area contributed by atoms with Gasteiger partial charge in [0, 0.05) is 4.90 Å². The molecule has 4 bridgehead atoms. The summed E-state index contributed by atoms with van der Waals surface area (Å²) in [4.78, 5) is 1.12. The fourth-order valence-corrected chi connectivity index (χ4v) is 5.71. The summed E-state index contributed by atoms with van der Waals surface area (Å²) in [5.74, 6) is 3.03. The molecule has 1 heteroatoms. The first-order valence-electron chi connectivity index (χ1n) is 7.02. The second-order valence-electron chi connectivity index (χ2n) is 6.69. The minimum atomic E-state index is 0.479. The molecule has 0 aliphatic heterocycles. The monoisotopic (exact) mass is 243 g/mol. The fraction of sp³-hybridized carbons (Fsp3) is 0.625. The Morgan fingerprint density at radius 2 is 1.41 bits per heavy atom. The smallest absolute Gasteiger partial charge is 0.0414 e. The lowest BCUT2D eigenvalue weighted by Gasteiger charge is -2.57. The van der Waals surface area contributed by atoms with E-state index in [0.29, 0.717) is 5.41 Å². The van der Waals surface area contributed by atoms with Gasteiger partial charge in [-0.2, -0.15) is 0 Å². The zero-order valence-corrected chi connectivity index (χ0v) is 11.0. The Morgan fingerprint density at radius 3 is 1.94 bits per heavy atom. The molecule has 0 nitrogen and oxygen atoms in total. The third-order valence-electron chi connectivity index (χ3n) is 5.50. The summed E-state index contributed by atoms with van der Waals surface area (Å²) in [5.41, 5.74) is 1.99. The van der Waals surface area contributed by atoms with E-state index in [1.165, 1.54) is 44.1 Å². The van der Waals surface area contributed by atoms with Crippen molar-refractivity contribution in [1.82, 2.24) is 0 Å². The van der Waals surface area contributed by atoms with E-state index in [9.17, 15) is 0 Å². The van der Waals surface area contributed by atoms with Crippen molar-refractivity contribution >= 4 is 12.6 Å². The molecule has 4 aliphatic carbocycles. The van der Waals surface area contributed by atoms with Crippen LogP contribution in [-0.4, -0.2) is 0 Å². The molecule has 17 heavy (non-hydrogen) atoms. The second-order valence-corrected chi connectivity index (χ2v) is 7.13. The molecule has 1 aromatic rings. The van der Waals surface area contributed by atoms with Gasteiger partial charge in [-0.25, -0.2) is 0 Å². The van der Waals surface area contributed by atoms with Crippen LogP contribution in [0.4, 0.5) is 0 Å². The van der Waals surface area contributed by atoms with Gasteiger partial charge in [0.1, 0.15) is 0 Å². The average molecular weight is 243 g/mol. The molecular formula is C16H19S. The summed E-state index contributed by atoms with van der Waals surface area (Å²) in [6, 6.07) is 8.72. The largest absolute Gasteiger partial charge is 0.0798 e. The van der Waals surface area contributed by atoms with Crippen LogP contribution in [0.1, 0.15) is 44.1 Å². The fourth-order valence-electron chi connectivity index (χ4n) is 5.35. The molecular weight excluding hydrogens is 224 g/mol. The first-order valence-corrected chi connectivity index (χ1v) is 7.42. The molecule has 0 heterocycles. The Morgan fingerprint density at radius 1 is 0.882 bits per heavy atom. The second kappa shape index (κ2) is 3.47. The van der Waals surface area contributed by atoms with Gasteiger partial charge in [0.25, 0.3) is 0 Å². The molecule has 4 fully saturated rings. The van der Waals surface area contributed by atoms with Crippen molar-refractivity contribution in [2.45, 2.75) is 48.8 Å². The molecule has 89 valence electrons. The standard InChI is InChI=1S/C16H19S/c17-15-4-2-1-3-14(15)16-8-11-5-12(9-16)7-13(6-11)10-16/h1-4,11-13H,5-10H2. The average Bonchev–Trinajstić information content (AvgIpc) is 2.27. The Balaban J connectivity index is 1.80. The Bertz CT molecular complexity index is 413. The predicted molar refractivity (Wildman–Crippen MR) is 72.1 cm³/mol. The van der Waals surface area contributed by atoms with Crippen LogP contribution in [0.15, 0.2) is 29.2 Å². The molecule has 0 amide bonds. The molecule has 0 spiro atoms. The van der Waals surface area contributed by atoms with Crippen LogP contribution in [0.25, 0.3) is 0 Å². The lowest BCUT2D eigenvalue weighted by atomic mass is 9.48. The third-order valence-corrected chi connectivity index (χ3v) is 5.85. The Hall–Kier alpha value is -0.560. The lowest BCUT2D eigenvalue weighted by Crippen LogP contribution is -2.48. The van der Waals surface area contributed by atoms with Crippen molar-refractivity contribution < 1.29 is 0 Å². The first-order chi connectivity index (χ1) is 8.25. The van der Waals surface area contributed by atoms with Crippen LogP contribution in [0.3, 0.4) is 0 Å². The molecule has 4 aliphatic rings. The van der Waals surface area contributed by atoms with E-state index in [-0.39, 0.29) is 0 Å². The van der Waals surface area contributed by atoms with Gasteiger partial charge in [-0.05, 0) is 73.3 Å². The van der Waals surface area contributed by atoms with Crippen LogP contribution in [0, 0.1) is 17.8 Å². The molecule has 0 unspecified atom stereocenters.